The third-order valence-corrected chi connectivity index (χ3v) is 5.94. The molecule has 1 N–H and O–H groups in total. The minimum Gasteiger partial charge on any atom is -0.330 e. The number of hydrogen-bond donors (Lipinski definition) is 1. The molecular formula is C16H24N4O2S. The molecule has 1 saturated heterocycles. The molecule has 0 bridgehead atoms. The van der Waals surface area contributed by atoms with Gasteiger partial charge in [0, 0.05) is 20.1 Å². The number of nitrogens with zero attached hydrogens (tertiary/aromatic N) is 3. The first kappa shape index (κ1) is 16.4. The molecule has 0 saturated carbocycles. The van der Waals surface area contributed by atoms with Gasteiger partial charge in [-0.2, -0.15) is 0 Å². The zero-order valence-electron chi connectivity index (χ0n) is 13.7. The van der Waals surface area contributed by atoms with Gasteiger partial charge >= 0.3 is 0 Å². The molecule has 6 nitrogen and oxygen atoms in total. The van der Waals surface area contributed by atoms with Crippen LogP contribution >= 0.6 is 0 Å². The van der Waals surface area contributed by atoms with Crippen LogP contribution < -0.4 is 5.32 Å². The SMILES string of the molecule is Cn1c(CNCC2CCN(S(C)(=O)=O)CC2)nc2ccccc21. The molecule has 7 heteroatoms. The van der Waals surface area contributed by atoms with Gasteiger partial charge in [-0.25, -0.2) is 17.7 Å². The highest BCUT2D eigenvalue weighted by Crippen LogP contribution is 2.19. The summed E-state index contributed by atoms with van der Waals surface area (Å²) in [6.07, 6.45) is 3.13. The average Bonchev–Trinajstić information content (AvgIpc) is 2.84. The van der Waals surface area contributed by atoms with E-state index in [-0.39, 0.29) is 0 Å². The van der Waals surface area contributed by atoms with Crippen LogP contribution in [0.15, 0.2) is 24.3 Å². The van der Waals surface area contributed by atoms with Gasteiger partial charge in [0.15, 0.2) is 0 Å². The van der Waals surface area contributed by atoms with Crippen molar-refractivity contribution in [1.29, 1.82) is 0 Å². The van der Waals surface area contributed by atoms with Gasteiger partial charge in [0.2, 0.25) is 10.0 Å². The lowest BCUT2D eigenvalue weighted by molar-refractivity contribution is 0.268. The number of imidazole rings is 1. The molecule has 1 fully saturated rings. The monoisotopic (exact) mass is 336 g/mol. The molecule has 126 valence electrons. The van der Waals surface area contributed by atoms with Crippen molar-refractivity contribution >= 4 is 21.1 Å². The van der Waals surface area contributed by atoms with Crippen LogP contribution in [-0.4, -0.2) is 48.2 Å². The van der Waals surface area contributed by atoms with Crippen molar-refractivity contribution < 1.29 is 8.42 Å². The zero-order valence-corrected chi connectivity index (χ0v) is 14.5. The Morgan fingerprint density at radius 1 is 1.26 bits per heavy atom. The Hall–Kier alpha value is -1.44. The Morgan fingerprint density at radius 2 is 1.96 bits per heavy atom. The Morgan fingerprint density at radius 3 is 2.61 bits per heavy atom. The van der Waals surface area contributed by atoms with E-state index in [1.54, 1.807) is 4.31 Å². The van der Waals surface area contributed by atoms with E-state index in [2.05, 4.69) is 20.9 Å². The van der Waals surface area contributed by atoms with Crippen molar-refractivity contribution in [2.24, 2.45) is 13.0 Å². The molecule has 0 atom stereocenters. The van der Waals surface area contributed by atoms with Crippen LogP contribution in [0, 0.1) is 5.92 Å². The highest BCUT2D eigenvalue weighted by molar-refractivity contribution is 7.88. The molecule has 1 aromatic heterocycles. The van der Waals surface area contributed by atoms with Crippen molar-refractivity contribution in [3.05, 3.63) is 30.1 Å². The predicted molar refractivity (Wildman–Crippen MR) is 91.6 cm³/mol. The van der Waals surface area contributed by atoms with Crippen LogP contribution in [0.5, 0.6) is 0 Å². The fourth-order valence-electron chi connectivity index (χ4n) is 3.19. The highest BCUT2D eigenvalue weighted by Gasteiger charge is 2.24. The lowest BCUT2D eigenvalue weighted by Crippen LogP contribution is -2.40. The van der Waals surface area contributed by atoms with Gasteiger partial charge in [0.25, 0.3) is 0 Å². The summed E-state index contributed by atoms with van der Waals surface area (Å²) in [5.41, 5.74) is 2.17. The summed E-state index contributed by atoms with van der Waals surface area (Å²) in [4.78, 5) is 4.65. The van der Waals surface area contributed by atoms with Gasteiger partial charge in [-0.3, -0.25) is 0 Å². The van der Waals surface area contributed by atoms with Crippen molar-refractivity contribution in [3.63, 3.8) is 0 Å². The molecule has 1 aromatic carbocycles. The van der Waals surface area contributed by atoms with Gasteiger partial charge in [-0.05, 0) is 37.4 Å². The molecule has 0 radical (unpaired) electrons. The molecule has 1 aliphatic rings. The van der Waals surface area contributed by atoms with Crippen molar-refractivity contribution in [3.8, 4) is 0 Å². The van der Waals surface area contributed by atoms with Crippen LogP contribution in [0.1, 0.15) is 18.7 Å². The summed E-state index contributed by atoms with van der Waals surface area (Å²) in [7, 11) is -0.995. The second-order valence-electron chi connectivity index (χ2n) is 6.31. The molecule has 2 aromatic rings. The fraction of sp³-hybridized carbons (Fsp3) is 0.562. The average molecular weight is 336 g/mol. The molecule has 3 rings (SSSR count). The van der Waals surface area contributed by atoms with E-state index in [9.17, 15) is 8.42 Å². The van der Waals surface area contributed by atoms with Gasteiger partial charge in [-0.1, -0.05) is 12.1 Å². The van der Waals surface area contributed by atoms with Crippen molar-refractivity contribution in [1.82, 2.24) is 19.2 Å². The van der Waals surface area contributed by atoms with Crippen LogP contribution in [0.3, 0.4) is 0 Å². The lowest BCUT2D eigenvalue weighted by Gasteiger charge is -2.30. The van der Waals surface area contributed by atoms with Gasteiger partial charge in [0.1, 0.15) is 5.82 Å². The molecule has 1 aliphatic heterocycles. The summed E-state index contributed by atoms with van der Waals surface area (Å²) in [6.45, 7) is 2.91. The maximum Gasteiger partial charge on any atom is 0.211 e. The standard InChI is InChI=1S/C16H24N4O2S/c1-19-15-6-4-3-5-14(15)18-16(19)12-17-11-13-7-9-20(10-8-13)23(2,21)22/h3-6,13,17H,7-12H2,1-2H3. The van der Waals surface area contributed by atoms with Gasteiger partial charge < -0.3 is 9.88 Å². The van der Waals surface area contributed by atoms with Gasteiger partial charge in [-0.15, -0.1) is 0 Å². The van der Waals surface area contributed by atoms with Crippen LogP contribution in [0.2, 0.25) is 0 Å². The Bertz CT molecular complexity index is 776. The number of hydrogen-bond acceptors (Lipinski definition) is 4. The quantitative estimate of drug-likeness (QED) is 0.895. The van der Waals surface area contributed by atoms with Crippen LogP contribution in [-0.2, 0) is 23.6 Å². The molecule has 0 aliphatic carbocycles. The Kier molecular flexibility index (Phi) is 4.70. The molecular weight excluding hydrogens is 312 g/mol. The Labute approximate surface area is 137 Å². The van der Waals surface area contributed by atoms with Crippen LogP contribution in [0.25, 0.3) is 11.0 Å². The molecule has 0 unspecified atom stereocenters. The van der Waals surface area contributed by atoms with E-state index >= 15 is 0 Å². The first-order valence-electron chi connectivity index (χ1n) is 8.01. The third-order valence-electron chi connectivity index (χ3n) is 4.64. The highest BCUT2D eigenvalue weighted by atomic mass is 32.2. The third kappa shape index (κ3) is 3.73. The van der Waals surface area contributed by atoms with E-state index in [1.807, 2.05) is 25.2 Å². The summed E-state index contributed by atoms with van der Waals surface area (Å²) in [5.74, 6) is 1.56. The zero-order chi connectivity index (χ0) is 16.4. The van der Waals surface area contributed by atoms with Crippen LogP contribution in [0.4, 0.5) is 0 Å². The number of nitrogens with one attached hydrogen (secondary N) is 1. The normalized spacial score (nSPS) is 17.8. The first-order valence-corrected chi connectivity index (χ1v) is 9.86. The summed E-state index contributed by atoms with van der Waals surface area (Å²) < 4.78 is 26.7. The number of aromatic nitrogens is 2. The first-order chi connectivity index (χ1) is 10.9. The number of para-hydroxylation sites is 2. The summed E-state index contributed by atoms with van der Waals surface area (Å²) in [6, 6.07) is 8.13. The second kappa shape index (κ2) is 6.59. The minimum absolute atomic E-state index is 0.530. The predicted octanol–water partition coefficient (Wildman–Crippen LogP) is 1.33. The molecule has 0 spiro atoms. The number of benzene rings is 1. The number of rotatable bonds is 5. The number of fused-ring (bicyclic) bond motifs is 1. The lowest BCUT2D eigenvalue weighted by atomic mass is 9.98. The Balaban J connectivity index is 1.51. The topological polar surface area (TPSA) is 67.2 Å². The molecule has 23 heavy (non-hydrogen) atoms. The number of sulfonamides is 1. The van der Waals surface area contributed by atoms with E-state index < -0.39 is 10.0 Å². The second-order valence-corrected chi connectivity index (χ2v) is 8.29. The van der Waals surface area contributed by atoms with Gasteiger partial charge in [0.05, 0.1) is 23.8 Å². The fourth-order valence-corrected chi connectivity index (χ4v) is 4.06. The minimum atomic E-state index is -3.03. The maximum atomic E-state index is 11.5. The number of piperidine rings is 1. The van der Waals surface area contributed by atoms with E-state index in [0.29, 0.717) is 19.0 Å². The maximum absolute atomic E-state index is 11.5. The van der Waals surface area contributed by atoms with Crippen molar-refractivity contribution in [2.75, 3.05) is 25.9 Å². The van der Waals surface area contributed by atoms with Crippen molar-refractivity contribution in [2.45, 2.75) is 19.4 Å². The summed E-state index contributed by atoms with van der Waals surface area (Å²) in [5, 5.41) is 3.48. The molecule has 0 amide bonds. The van der Waals surface area contributed by atoms with E-state index in [4.69, 9.17) is 0 Å². The smallest absolute Gasteiger partial charge is 0.211 e. The van der Waals surface area contributed by atoms with E-state index in [0.717, 1.165) is 42.8 Å². The summed E-state index contributed by atoms with van der Waals surface area (Å²) >= 11 is 0. The number of aryl methyl sites for hydroxylation is 1. The molecule has 2 heterocycles. The largest absolute Gasteiger partial charge is 0.330 e. The van der Waals surface area contributed by atoms with E-state index in [1.165, 1.54) is 6.26 Å².